The van der Waals surface area contributed by atoms with Crippen molar-refractivity contribution in [1.82, 2.24) is 20.4 Å². The lowest BCUT2D eigenvalue weighted by molar-refractivity contribution is -0.00656. The summed E-state index contributed by atoms with van der Waals surface area (Å²) in [7, 11) is -4.04. The zero-order valence-corrected chi connectivity index (χ0v) is 36.6. The van der Waals surface area contributed by atoms with Gasteiger partial charge in [0.15, 0.2) is 0 Å². The van der Waals surface area contributed by atoms with Gasteiger partial charge in [-0.1, -0.05) is 52.4 Å². The highest BCUT2D eigenvalue weighted by molar-refractivity contribution is 7.85. The SMILES string of the molecule is CCCC(NC(=O)OC(C)(C)C)N(CC(CCCCCCCS(=O)(=O)O)CN(C(=O)OC(C)(C)C)C(CCC)NC(=O)OC(C)(C)C)C(=O)OC(C)(C)C. The van der Waals surface area contributed by atoms with E-state index in [1.165, 1.54) is 9.80 Å². The lowest BCUT2D eigenvalue weighted by Crippen LogP contribution is -2.57. The molecule has 3 N–H and O–H groups in total. The number of rotatable bonds is 20. The first kappa shape index (κ1) is 51.0. The molecule has 0 saturated heterocycles. The maximum Gasteiger partial charge on any atom is 0.411 e. The number of hydrogen-bond donors (Lipinski definition) is 3. The average molecular weight is 795 g/mol. The van der Waals surface area contributed by atoms with Gasteiger partial charge in [0.1, 0.15) is 34.7 Å². The molecule has 0 aromatic carbocycles. The predicted octanol–water partition coefficient (Wildman–Crippen LogP) is 8.61. The molecule has 15 nitrogen and oxygen atoms in total. The van der Waals surface area contributed by atoms with Crippen LogP contribution in [0.25, 0.3) is 0 Å². The summed E-state index contributed by atoms with van der Waals surface area (Å²) in [6, 6.07) is 0. The standard InChI is InChI=1S/C38H74N4O11S/c1-15-22-29(39-31(43)50-35(3,4)5)41(33(45)52-37(9,10)11)26-28(24-20-18-17-19-21-25-54(47,48)49)27-42(34(46)53-38(12,13)14)30(23-16-2)40-32(44)51-36(6,7)8/h28-30H,15-27H2,1-14H3,(H,39,43)(H,40,44)(H,47,48,49). The Bertz CT molecular complexity index is 1190. The minimum absolute atomic E-state index is 0.0582. The molecule has 0 saturated carbocycles. The zero-order valence-electron chi connectivity index (χ0n) is 35.8. The number of hydrogen-bond acceptors (Lipinski definition) is 10. The lowest BCUT2D eigenvalue weighted by atomic mass is 9.98. The number of ether oxygens (including phenoxy) is 4. The van der Waals surface area contributed by atoms with Crippen LogP contribution >= 0.6 is 0 Å². The van der Waals surface area contributed by atoms with Crippen molar-refractivity contribution in [3.8, 4) is 0 Å². The molecule has 0 heterocycles. The van der Waals surface area contributed by atoms with E-state index in [-0.39, 0.29) is 18.8 Å². The van der Waals surface area contributed by atoms with E-state index >= 15 is 0 Å². The van der Waals surface area contributed by atoms with Gasteiger partial charge in [-0.15, -0.1) is 0 Å². The van der Waals surface area contributed by atoms with Gasteiger partial charge < -0.3 is 29.6 Å². The Morgan fingerprint density at radius 1 is 0.556 bits per heavy atom. The van der Waals surface area contributed by atoms with Crippen LogP contribution in [0, 0.1) is 5.92 Å². The van der Waals surface area contributed by atoms with Crippen molar-refractivity contribution >= 4 is 34.5 Å². The van der Waals surface area contributed by atoms with Gasteiger partial charge in [-0.2, -0.15) is 8.42 Å². The van der Waals surface area contributed by atoms with Gasteiger partial charge in [0, 0.05) is 13.1 Å². The van der Waals surface area contributed by atoms with Crippen molar-refractivity contribution in [2.24, 2.45) is 5.92 Å². The minimum Gasteiger partial charge on any atom is -0.444 e. The summed E-state index contributed by atoms with van der Waals surface area (Å²) in [6.45, 7) is 24.9. The second-order valence-corrected chi connectivity index (χ2v) is 19.4. The highest BCUT2D eigenvalue weighted by atomic mass is 32.2. The minimum atomic E-state index is -4.04. The van der Waals surface area contributed by atoms with Gasteiger partial charge in [-0.25, -0.2) is 19.2 Å². The smallest absolute Gasteiger partial charge is 0.411 e. The summed E-state index contributed by atoms with van der Waals surface area (Å²) < 4.78 is 54.3. The molecular weight excluding hydrogens is 721 g/mol. The molecule has 2 atom stereocenters. The molecule has 0 aromatic heterocycles. The molecule has 0 rings (SSSR count). The van der Waals surface area contributed by atoms with E-state index in [4.69, 9.17) is 23.5 Å². The third-order valence-electron chi connectivity index (χ3n) is 7.42. The number of carbonyl (C=O) groups is 4. The van der Waals surface area contributed by atoms with Gasteiger partial charge in [-0.05, 0) is 115 Å². The van der Waals surface area contributed by atoms with E-state index in [0.717, 1.165) is 0 Å². The molecule has 0 aliphatic rings. The number of amides is 4. The highest BCUT2D eigenvalue weighted by Crippen LogP contribution is 2.24. The zero-order chi connectivity index (χ0) is 42.1. The molecule has 0 aliphatic heterocycles. The molecule has 54 heavy (non-hydrogen) atoms. The third kappa shape index (κ3) is 25.9. The van der Waals surface area contributed by atoms with Crippen LogP contribution in [-0.2, 0) is 29.1 Å². The largest absolute Gasteiger partial charge is 0.444 e. The quantitative estimate of drug-likeness (QED) is 0.0463. The summed E-state index contributed by atoms with van der Waals surface area (Å²) in [5, 5.41) is 5.73. The van der Waals surface area contributed by atoms with Crippen molar-refractivity contribution < 1.29 is 51.1 Å². The average Bonchev–Trinajstić information content (AvgIpc) is 2.92. The van der Waals surface area contributed by atoms with E-state index < -0.39 is 75.1 Å². The summed E-state index contributed by atoms with van der Waals surface area (Å²) in [4.78, 5) is 57.1. The van der Waals surface area contributed by atoms with Crippen molar-refractivity contribution in [1.29, 1.82) is 0 Å². The van der Waals surface area contributed by atoms with E-state index in [0.29, 0.717) is 64.2 Å². The van der Waals surface area contributed by atoms with Crippen LogP contribution in [0.1, 0.15) is 161 Å². The molecule has 0 spiro atoms. The number of alkyl carbamates (subject to hydrolysis) is 2. The Morgan fingerprint density at radius 3 is 1.20 bits per heavy atom. The third-order valence-corrected chi connectivity index (χ3v) is 8.23. The molecule has 4 amide bonds. The summed E-state index contributed by atoms with van der Waals surface area (Å²) in [5.74, 6) is -0.722. The molecule has 0 aromatic rings. The van der Waals surface area contributed by atoms with Crippen molar-refractivity contribution in [3.63, 3.8) is 0 Å². The summed E-state index contributed by atoms with van der Waals surface area (Å²) >= 11 is 0. The van der Waals surface area contributed by atoms with Gasteiger partial charge in [0.05, 0.1) is 5.75 Å². The molecule has 16 heteroatoms. The van der Waals surface area contributed by atoms with Crippen LogP contribution in [0.2, 0.25) is 0 Å². The Morgan fingerprint density at radius 2 is 0.889 bits per heavy atom. The molecule has 0 bridgehead atoms. The van der Waals surface area contributed by atoms with Crippen LogP contribution in [-0.4, -0.2) is 101 Å². The Labute approximate surface area is 326 Å². The van der Waals surface area contributed by atoms with Crippen molar-refractivity contribution in [2.75, 3.05) is 18.8 Å². The maximum absolute atomic E-state index is 14.0. The van der Waals surface area contributed by atoms with Gasteiger partial charge in [-0.3, -0.25) is 14.4 Å². The number of nitrogens with zero attached hydrogens (tertiary/aromatic N) is 2. The second-order valence-electron chi connectivity index (χ2n) is 17.9. The lowest BCUT2D eigenvalue weighted by Gasteiger charge is -2.39. The van der Waals surface area contributed by atoms with E-state index in [9.17, 15) is 27.6 Å². The Kier molecular flexibility index (Phi) is 21.3. The summed E-state index contributed by atoms with van der Waals surface area (Å²) in [5.41, 5.74) is -3.29. The van der Waals surface area contributed by atoms with Crippen LogP contribution in [0.3, 0.4) is 0 Å². The molecule has 0 fully saturated rings. The van der Waals surface area contributed by atoms with Crippen molar-refractivity contribution in [2.45, 2.75) is 196 Å². The monoisotopic (exact) mass is 795 g/mol. The molecule has 0 radical (unpaired) electrons. The first-order valence-corrected chi connectivity index (χ1v) is 21.0. The van der Waals surface area contributed by atoms with Crippen LogP contribution < -0.4 is 10.6 Å². The van der Waals surface area contributed by atoms with Crippen LogP contribution in [0.5, 0.6) is 0 Å². The topological polar surface area (TPSA) is 190 Å². The van der Waals surface area contributed by atoms with Crippen LogP contribution in [0.4, 0.5) is 19.2 Å². The summed E-state index contributed by atoms with van der Waals surface area (Å²) in [6.07, 6.45) is 1.12. The van der Waals surface area contributed by atoms with Gasteiger partial charge in [0.2, 0.25) is 0 Å². The Hall–Kier alpha value is -3.01. The first-order valence-electron chi connectivity index (χ1n) is 19.4. The van der Waals surface area contributed by atoms with E-state index in [2.05, 4.69) is 10.6 Å². The fraction of sp³-hybridized carbons (Fsp3) is 0.895. The van der Waals surface area contributed by atoms with E-state index in [1.807, 2.05) is 13.8 Å². The first-order chi connectivity index (χ1) is 24.4. The van der Waals surface area contributed by atoms with Gasteiger partial charge >= 0.3 is 24.4 Å². The molecule has 0 aliphatic carbocycles. The number of unbranched alkanes of at least 4 members (excludes halogenated alkanes) is 4. The second kappa shape index (κ2) is 22.5. The fourth-order valence-electron chi connectivity index (χ4n) is 5.39. The number of carbonyl (C=O) groups excluding carboxylic acids is 4. The molecule has 2 unspecified atom stereocenters. The number of nitrogens with one attached hydrogen (secondary N) is 2. The highest BCUT2D eigenvalue weighted by Gasteiger charge is 2.36. The Balaban J connectivity index is 6.99. The van der Waals surface area contributed by atoms with Crippen molar-refractivity contribution in [3.05, 3.63) is 0 Å². The van der Waals surface area contributed by atoms with Crippen LogP contribution in [0.15, 0.2) is 0 Å². The predicted molar refractivity (Wildman–Crippen MR) is 210 cm³/mol. The van der Waals surface area contributed by atoms with Gasteiger partial charge in [0.25, 0.3) is 10.1 Å². The fourth-order valence-corrected chi connectivity index (χ4v) is 5.96. The van der Waals surface area contributed by atoms with E-state index in [1.54, 1.807) is 83.1 Å². The maximum atomic E-state index is 14.0. The molecular formula is C38H74N4O11S. The molecule has 318 valence electrons. The normalized spacial score (nSPS) is 14.3.